The molecule has 1 spiro atoms. The Balaban J connectivity index is 1.26. The van der Waals surface area contributed by atoms with Gasteiger partial charge in [0.2, 0.25) is 0 Å². The number of amides is 1. The Morgan fingerprint density at radius 3 is 3.04 bits per heavy atom. The summed E-state index contributed by atoms with van der Waals surface area (Å²) in [5.41, 5.74) is 1.54. The van der Waals surface area contributed by atoms with Gasteiger partial charge in [-0.15, -0.1) is 0 Å². The summed E-state index contributed by atoms with van der Waals surface area (Å²) in [5.74, 6) is 1.14. The highest BCUT2D eigenvalue weighted by atomic mass is 16.5. The molecule has 6 heteroatoms. The lowest BCUT2D eigenvalue weighted by Crippen LogP contribution is -2.66. The Hall–Kier alpha value is -2.18. The van der Waals surface area contributed by atoms with E-state index in [2.05, 4.69) is 4.98 Å². The fraction of sp³-hybridized carbons (Fsp3) is 0.500. The normalized spacial score (nSPS) is 21.1. The summed E-state index contributed by atoms with van der Waals surface area (Å²) in [6.45, 7) is 5.17. The number of likely N-dealkylation sites (tertiary alicyclic amines) is 1. The second-order valence-corrected chi connectivity index (χ2v) is 7.15. The van der Waals surface area contributed by atoms with Crippen LogP contribution in [-0.2, 0) is 16.1 Å². The van der Waals surface area contributed by atoms with Crippen molar-refractivity contribution in [1.29, 1.82) is 0 Å². The molecule has 2 aliphatic rings. The van der Waals surface area contributed by atoms with E-state index in [-0.39, 0.29) is 11.5 Å². The Bertz CT molecular complexity index is 752. The van der Waals surface area contributed by atoms with Gasteiger partial charge in [-0.25, -0.2) is 0 Å². The summed E-state index contributed by atoms with van der Waals surface area (Å²) < 4.78 is 17.1. The third-order valence-corrected chi connectivity index (χ3v) is 5.50. The fourth-order valence-electron chi connectivity index (χ4n) is 3.96. The van der Waals surface area contributed by atoms with E-state index in [0.717, 1.165) is 25.0 Å². The van der Waals surface area contributed by atoms with Gasteiger partial charge in [-0.3, -0.25) is 9.78 Å². The van der Waals surface area contributed by atoms with Crippen LogP contribution in [0.15, 0.2) is 41.3 Å². The predicted molar refractivity (Wildman–Crippen MR) is 94.6 cm³/mol. The monoisotopic (exact) mass is 356 g/mol. The lowest BCUT2D eigenvalue weighted by molar-refractivity contribution is -0.120. The van der Waals surface area contributed by atoms with E-state index in [9.17, 15) is 4.79 Å². The SMILES string of the molecule is Cc1occc1C(=O)N1CC2(C1)OCCC2CCOCc1cccnc1. The van der Waals surface area contributed by atoms with Crippen molar-refractivity contribution in [3.63, 3.8) is 0 Å². The van der Waals surface area contributed by atoms with Crippen LogP contribution in [0.2, 0.25) is 0 Å². The number of pyridine rings is 1. The average molecular weight is 356 g/mol. The van der Waals surface area contributed by atoms with Gasteiger partial charge in [0.15, 0.2) is 0 Å². The van der Waals surface area contributed by atoms with E-state index < -0.39 is 0 Å². The summed E-state index contributed by atoms with van der Waals surface area (Å²) in [5, 5.41) is 0. The lowest BCUT2D eigenvalue weighted by Gasteiger charge is -2.50. The van der Waals surface area contributed by atoms with E-state index in [1.54, 1.807) is 18.5 Å². The maximum absolute atomic E-state index is 12.6. The van der Waals surface area contributed by atoms with E-state index >= 15 is 0 Å². The summed E-state index contributed by atoms with van der Waals surface area (Å²) in [6.07, 6.45) is 7.13. The number of ether oxygens (including phenoxy) is 2. The van der Waals surface area contributed by atoms with Crippen LogP contribution in [0.3, 0.4) is 0 Å². The maximum Gasteiger partial charge on any atom is 0.257 e. The Kier molecular flexibility index (Phi) is 4.78. The van der Waals surface area contributed by atoms with Gasteiger partial charge in [0.1, 0.15) is 11.4 Å². The quantitative estimate of drug-likeness (QED) is 0.745. The zero-order valence-electron chi connectivity index (χ0n) is 15.0. The summed E-state index contributed by atoms with van der Waals surface area (Å²) in [6, 6.07) is 5.67. The first kappa shape index (κ1) is 17.2. The molecule has 1 unspecified atom stereocenters. The van der Waals surface area contributed by atoms with Crippen LogP contribution in [0.25, 0.3) is 0 Å². The topological polar surface area (TPSA) is 64.8 Å². The number of hydrogen-bond acceptors (Lipinski definition) is 5. The largest absolute Gasteiger partial charge is 0.469 e. The van der Waals surface area contributed by atoms with Crippen LogP contribution in [0, 0.1) is 12.8 Å². The van der Waals surface area contributed by atoms with Gasteiger partial charge < -0.3 is 18.8 Å². The molecule has 6 nitrogen and oxygen atoms in total. The van der Waals surface area contributed by atoms with Crippen molar-refractivity contribution in [1.82, 2.24) is 9.88 Å². The van der Waals surface area contributed by atoms with Crippen LogP contribution in [-0.4, -0.2) is 47.7 Å². The molecular formula is C20H24N2O4. The maximum atomic E-state index is 12.6. The molecule has 4 heterocycles. The molecule has 2 aliphatic heterocycles. The summed E-state index contributed by atoms with van der Waals surface area (Å²) in [4.78, 5) is 18.5. The van der Waals surface area contributed by atoms with E-state index in [4.69, 9.17) is 13.9 Å². The minimum atomic E-state index is -0.190. The van der Waals surface area contributed by atoms with Crippen molar-refractivity contribution < 1.29 is 18.7 Å². The minimum absolute atomic E-state index is 0.0314. The molecule has 26 heavy (non-hydrogen) atoms. The third-order valence-electron chi connectivity index (χ3n) is 5.50. The standard InChI is InChI=1S/C20H24N2O4/c1-15-18(6-9-25-15)19(23)22-13-20(14-22)17(5-10-26-20)4-8-24-12-16-3-2-7-21-11-16/h2-3,6-7,9,11,17H,4-5,8,10,12-14H2,1H3. The van der Waals surface area contributed by atoms with Crippen molar-refractivity contribution in [3.8, 4) is 0 Å². The molecule has 1 amide bonds. The van der Waals surface area contributed by atoms with Gasteiger partial charge in [0.05, 0.1) is 31.5 Å². The molecule has 0 aromatic carbocycles. The smallest absolute Gasteiger partial charge is 0.257 e. The Labute approximate surface area is 153 Å². The van der Waals surface area contributed by atoms with Gasteiger partial charge in [-0.05, 0) is 43.4 Å². The van der Waals surface area contributed by atoms with E-state index in [0.29, 0.717) is 43.5 Å². The first-order valence-electron chi connectivity index (χ1n) is 9.12. The van der Waals surface area contributed by atoms with Crippen molar-refractivity contribution >= 4 is 5.91 Å². The average Bonchev–Trinajstić information content (AvgIpc) is 3.24. The molecular weight excluding hydrogens is 332 g/mol. The van der Waals surface area contributed by atoms with Crippen molar-refractivity contribution in [2.24, 2.45) is 5.92 Å². The van der Waals surface area contributed by atoms with Crippen LogP contribution in [0.1, 0.15) is 34.5 Å². The molecule has 1 atom stereocenters. The number of furan rings is 1. The number of carbonyl (C=O) groups is 1. The van der Waals surface area contributed by atoms with Crippen LogP contribution in [0.4, 0.5) is 0 Å². The second-order valence-electron chi connectivity index (χ2n) is 7.15. The van der Waals surface area contributed by atoms with Crippen molar-refractivity contribution in [2.45, 2.75) is 32.0 Å². The molecule has 4 rings (SSSR count). The molecule has 0 radical (unpaired) electrons. The number of aryl methyl sites for hydroxylation is 1. The highest BCUT2D eigenvalue weighted by molar-refractivity contribution is 5.95. The molecule has 2 aromatic heterocycles. The zero-order valence-corrected chi connectivity index (χ0v) is 15.0. The predicted octanol–water partition coefficient (Wildman–Crippen LogP) is 2.82. The Morgan fingerprint density at radius 2 is 2.31 bits per heavy atom. The van der Waals surface area contributed by atoms with Crippen molar-refractivity contribution in [2.75, 3.05) is 26.3 Å². The zero-order chi connectivity index (χ0) is 18.0. The van der Waals surface area contributed by atoms with Gasteiger partial charge in [0, 0.05) is 25.6 Å². The molecule has 0 N–H and O–H groups in total. The lowest BCUT2D eigenvalue weighted by atomic mass is 9.79. The summed E-state index contributed by atoms with van der Waals surface area (Å²) >= 11 is 0. The first-order chi connectivity index (χ1) is 12.7. The van der Waals surface area contributed by atoms with Gasteiger partial charge in [-0.2, -0.15) is 0 Å². The van der Waals surface area contributed by atoms with Crippen LogP contribution >= 0.6 is 0 Å². The molecule has 2 aromatic rings. The van der Waals surface area contributed by atoms with Gasteiger partial charge >= 0.3 is 0 Å². The summed E-state index contributed by atoms with van der Waals surface area (Å²) in [7, 11) is 0. The molecule has 0 bridgehead atoms. The molecule has 0 aliphatic carbocycles. The third kappa shape index (κ3) is 3.27. The highest BCUT2D eigenvalue weighted by Crippen LogP contribution is 2.42. The van der Waals surface area contributed by atoms with Crippen LogP contribution in [0.5, 0.6) is 0 Å². The molecule has 2 saturated heterocycles. The number of nitrogens with zero attached hydrogens (tertiary/aromatic N) is 2. The number of rotatable bonds is 6. The number of aromatic nitrogens is 1. The second kappa shape index (κ2) is 7.21. The molecule has 2 fully saturated rings. The number of carbonyl (C=O) groups excluding carboxylic acids is 1. The first-order valence-corrected chi connectivity index (χ1v) is 9.12. The molecule has 138 valence electrons. The highest BCUT2D eigenvalue weighted by Gasteiger charge is 2.54. The van der Waals surface area contributed by atoms with E-state index in [1.807, 2.05) is 30.2 Å². The van der Waals surface area contributed by atoms with Crippen molar-refractivity contribution in [3.05, 3.63) is 53.7 Å². The molecule has 0 saturated carbocycles. The fourth-order valence-corrected chi connectivity index (χ4v) is 3.96. The van der Waals surface area contributed by atoms with Gasteiger partial charge in [-0.1, -0.05) is 6.07 Å². The van der Waals surface area contributed by atoms with Crippen LogP contribution < -0.4 is 0 Å². The Morgan fingerprint density at radius 1 is 1.42 bits per heavy atom. The minimum Gasteiger partial charge on any atom is -0.469 e. The number of hydrogen-bond donors (Lipinski definition) is 0. The van der Waals surface area contributed by atoms with Gasteiger partial charge in [0.25, 0.3) is 5.91 Å². The van der Waals surface area contributed by atoms with E-state index in [1.165, 1.54) is 0 Å².